The lowest BCUT2D eigenvalue weighted by Crippen LogP contribution is -2.36. The summed E-state index contributed by atoms with van der Waals surface area (Å²) in [6.45, 7) is 3.31. The van der Waals surface area contributed by atoms with Crippen LogP contribution in [0.5, 0.6) is 5.75 Å². The van der Waals surface area contributed by atoms with E-state index in [4.69, 9.17) is 14.2 Å². The summed E-state index contributed by atoms with van der Waals surface area (Å²) >= 11 is 0. The van der Waals surface area contributed by atoms with Crippen LogP contribution in [0, 0.1) is 0 Å². The van der Waals surface area contributed by atoms with Gasteiger partial charge in [-0.05, 0) is 25.5 Å². The Morgan fingerprint density at radius 2 is 2.21 bits per heavy atom. The van der Waals surface area contributed by atoms with Crippen molar-refractivity contribution in [3.8, 4) is 5.75 Å². The number of nitrogens with one attached hydrogen (secondary N) is 2. The molecule has 132 valence electrons. The molecule has 0 aliphatic carbocycles. The van der Waals surface area contributed by atoms with Crippen LogP contribution in [0.15, 0.2) is 18.2 Å². The number of urea groups is 1. The molecule has 0 spiro atoms. The van der Waals surface area contributed by atoms with Crippen molar-refractivity contribution in [2.45, 2.75) is 19.4 Å². The molecule has 3 amide bonds. The van der Waals surface area contributed by atoms with E-state index in [1.807, 2.05) is 6.92 Å². The first kappa shape index (κ1) is 17.9. The van der Waals surface area contributed by atoms with Gasteiger partial charge in [0.25, 0.3) is 0 Å². The zero-order chi connectivity index (χ0) is 17.5. The molecule has 2 N–H and O–H groups in total. The van der Waals surface area contributed by atoms with Crippen molar-refractivity contribution < 1.29 is 23.8 Å². The normalized spacial score (nSPS) is 15.0. The van der Waals surface area contributed by atoms with Crippen LogP contribution in [0.4, 0.5) is 21.0 Å². The van der Waals surface area contributed by atoms with Gasteiger partial charge in [0.2, 0.25) is 0 Å². The van der Waals surface area contributed by atoms with Gasteiger partial charge in [0, 0.05) is 31.5 Å². The Balaban J connectivity index is 2.01. The average Bonchev–Trinajstić information content (AvgIpc) is 2.98. The number of rotatable bonds is 7. The first-order valence-electron chi connectivity index (χ1n) is 7.74. The fraction of sp³-hybridized carbons (Fsp3) is 0.500. The molecule has 8 nitrogen and oxygen atoms in total. The molecule has 0 aromatic heterocycles. The maximum Gasteiger partial charge on any atom is 0.414 e. The highest BCUT2D eigenvalue weighted by Gasteiger charge is 2.26. The lowest BCUT2D eigenvalue weighted by molar-refractivity contribution is 0.181. The molecule has 2 rings (SSSR count). The fourth-order valence-corrected chi connectivity index (χ4v) is 2.35. The van der Waals surface area contributed by atoms with E-state index >= 15 is 0 Å². The summed E-state index contributed by atoms with van der Waals surface area (Å²) in [5, 5.41) is 5.57. The topological polar surface area (TPSA) is 89.1 Å². The summed E-state index contributed by atoms with van der Waals surface area (Å²) in [4.78, 5) is 25.2. The van der Waals surface area contributed by atoms with Crippen molar-refractivity contribution in [2.24, 2.45) is 0 Å². The molecule has 1 heterocycles. The van der Waals surface area contributed by atoms with Crippen molar-refractivity contribution in [2.75, 3.05) is 44.2 Å². The van der Waals surface area contributed by atoms with Crippen molar-refractivity contribution in [1.29, 1.82) is 0 Å². The smallest absolute Gasteiger partial charge is 0.414 e. The van der Waals surface area contributed by atoms with Crippen LogP contribution in [0.3, 0.4) is 0 Å². The van der Waals surface area contributed by atoms with Crippen molar-refractivity contribution in [1.82, 2.24) is 5.32 Å². The maximum atomic E-state index is 12.0. The molecule has 1 aliphatic rings. The van der Waals surface area contributed by atoms with Gasteiger partial charge >= 0.3 is 12.1 Å². The van der Waals surface area contributed by atoms with Crippen LogP contribution < -0.4 is 20.3 Å². The van der Waals surface area contributed by atoms with Gasteiger partial charge in [-0.1, -0.05) is 0 Å². The summed E-state index contributed by atoms with van der Waals surface area (Å²) in [6.07, 6.45) is 0.321. The second kappa shape index (κ2) is 8.39. The third-order valence-corrected chi connectivity index (χ3v) is 3.62. The first-order valence-corrected chi connectivity index (χ1v) is 7.74. The minimum Gasteiger partial charge on any atom is -0.494 e. The van der Waals surface area contributed by atoms with E-state index < -0.39 is 6.09 Å². The molecule has 1 aliphatic heterocycles. The van der Waals surface area contributed by atoms with Crippen molar-refractivity contribution in [3.05, 3.63) is 18.2 Å². The highest BCUT2D eigenvalue weighted by atomic mass is 16.6. The van der Waals surface area contributed by atoms with Gasteiger partial charge in [-0.3, -0.25) is 4.90 Å². The maximum absolute atomic E-state index is 12.0. The Morgan fingerprint density at radius 3 is 2.83 bits per heavy atom. The third kappa shape index (κ3) is 4.51. The molecule has 1 atom stereocenters. The second-order valence-electron chi connectivity index (χ2n) is 5.43. The molecule has 1 aromatic carbocycles. The zero-order valence-electron chi connectivity index (χ0n) is 14.1. The standard InChI is InChI=1S/C16H23N3O5/c1-11(6-8-22-2)17-15(20)18-12-4-5-13(14(10-12)23-3)19-7-9-24-16(19)21/h4-5,10-11H,6-9H2,1-3H3,(H2,17,18,20). The molecule has 0 saturated carbocycles. The van der Waals surface area contributed by atoms with E-state index in [1.54, 1.807) is 25.3 Å². The van der Waals surface area contributed by atoms with Crippen molar-refractivity contribution in [3.63, 3.8) is 0 Å². The van der Waals surface area contributed by atoms with Crippen LogP contribution in [-0.4, -0.2) is 52.1 Å². The predicted octanol–water partition coefficient (Wildman–Crippen LogP) is 2.20. The van der Waals surface area contributed by atoms with Crippen LogP contribution in [-0.2, 0) is 9.47 Å². The number of anilines is 2. The largest absolute Gasteiger partial charge is 0.494 e. The number of ether oxygens (including phenoxy) is 3. The van der Waals surface area contributed by atoms with E-state index in [1.165, 1.54) is 12.0 Å². The number of methoxy groups -OCH3 is 2. The van der Waals surface area contributed by atoms with E-state index in [9.17, 15) is 9.59 Å². The molecule has 1 unspecified atom stereocenters. The Bertz CT molecular complexity index is 593. The number of nitrogens with zero attached hydrogens (tertiary/aromatic N) is 1. The summed E-state index contributed by atoms with van der Waals surface area (Å²) < 4.78 is 15.2. The van der Waals surface area contributed by atoms with Crippen LogP contribution in [0.1, 0.15) is 13.3 Å². The van der Waals surface area contributed by atoms with E-state index in [-0.39, 0.29) is 12.1 Å². The van der Waals surface area contributed by atoms with E-state index in [0.29, 0.717) is 36.9 Å². The summed E-state index contributed by atoms with van der Waals surface area (Å²) in [5.74, 6) is 0.485. The monoisotopic (exact) mass is 337 g/mol. The molecule has 0 bridgehead atoms. The molecule has 1 saturated heterocycles. The zero-order valence-corrected chi connectivity index (χ0v) is 14.1. The van der Waals surface area contributed by atoms with Gasteiger partial charge in [0.1, 0.15) is 12.4 Å². The molecule has 1 aromatic rings. The molecular formula is C16H23N3O5. The molecular weight excluding hydrogens is 314 g/mol. The average molecular weight is 337 g/mol. The summed E-state index contributed by atoms with van der Waals surface area (Å²) in [6, 6.07) is 4.78. The predicted molar refractivity (Wildman–Crippen MR) is 89.8 cm³/mol. The first-order chi connectivity index (χ1) is 11.5. The molecule has 24 heavy (non-hydrogen) atoms. The Labute approximate surface area is 141 Å². The highest BCUT2D eigenvalue weighted by Crippen LogP contribution is 2.32. The molecule has 0 radical (unpaired) electrons. The van der Waals surface area contributed by atoms with E-state index in [2.05, 4.69) is 10.6 Å². The van der Waals surface area contributed by atoms with Gasteiger partial charge in [-0.15, -0.1) is 0 Å². The van der Waals surface area contributed by atoms with Crippen LogP contribution >= 0.6 is 0 Å². The SMILES string of the molecule is COCCC(C)NC(=O)Nc1ccc(N2CCOC2=O)c(OC)c1. The Morgan fingerprint density at radius 1 is 1.42 bits per heavy atom. The number of carbonyl (C=O) groups excluding carboxylic acids is 2. The lowest BCUT2D eigenvalue weighted by Gasteiger charge is -2.18. The minimum absolute atomic E-state index is 0.00881. The minimum atomic E-state index is -0.404. The number of hydrogen-bond donors (Lipinski definition) is 2. The number of amides is 3. The quantitative estimate of drug-likeness (QED) is 0.796. The van der Waals surface area contributed by atoms with Gasteiger partial charge < -0.3 is 24.8 Å². The van der Waals surface area contributed by atoms with Gasteiger partial charge in [-0.2, -0.15) is 0 Å². The van der Waals surface area contributed by atoms with Gasteiger partial charge in [0.15, 0.2) is 0 Å². The van der Waals surface area contributed by atoms with Gasteiger partial charge in [0.05, 0.1) is 19.3 Å². The molecule has 8 heteroatoms. The van der Waals surface area contributed by atoms with Crippen LogP contribution in [0.2, 0.25) is 0 Å². The Kier molecular flexibility index (Phi) is 6.25. The fourth-order valence-electron chi connectivity index (χ4n) is 2.35. The van der Waals surface area contributed by atoms with Crippen molar-refractivity contribution >= 4 is 23.5 Å². The van der Waals surface area contributed by atoms with Crippen LogP contribution in [0.25, 0.3) is 0 Å². The number of benzene rings is 1. The van der Waals surface area contributed by atoms with Gasteiger partial charge in [-0.25, -0.2) is 9.59 Å². The highest BCUT2D eigenvalue weighted by molar-refractivity contribution is 5.93. The summed E-state index contributed by atoms with van der Waals surface area (Å²) in [5.41, 5.74) is 1.18. The number of hydrogen-bond acceptors (Lipinski definition) is 5. The Hall–Kier alpha value is -2.48. The second-order valence-corrected chi connectivity index (χ2v) is 5.43. The van der Waals surface area contributed by atoms with E-state index in [0.717, 1.165) is 6.42 Å². The lowest BCUT2D eigenvalue weighted by atomic mass is 10.2. The summed E-state index contributed by atoms with van der Waals surface area (Å²) in [7, 11) is 3.13. The molecule has 1 fully saturated rings. The third-order valence-electron chi connectivity index (χ3n) is 3.62. The number of carbonyl (C=O) groups is 2. The number of cyclic esters (lactones) is 1.